The number of nitrogens with zero attached hydrogens (tertiary/aromatic N) is 1. The number of nitrogens with one attached hydrogen (secondary N) is 2. The minimum Gasteiger partial charge on any atom is -0.337 e. The molecule has 1 aromatic heterocycles. The maximum absolute atomic E-state index is 13.0. The van der Waals surface area contributed by atoms with E-state index in [-0.39, 0.29) is 0 Å². The van der Waals surface area contributed by atoms with E-state index in [1.165, 1.54) is 25.7 Å². The molecule has 1 aliphatic rings. The van der Waals surface area contributed by atoms with Crippen molar-refractivity contribution < 1.29 is 9.18 Å². The molecule has 0 saturated heterocycles. The predicted octanol–water partition coefficient (Wildman–Crippen LogP) is 0.814. The van der Waals surface area contributed by atoms with Gasteiger partial charge in [0.25, 0.3) is 5.56 Å². The Bertz CT molecular complexity index is 572. The molecular formula is C12H16FN3O3. The van der Waals surface area contributed by atoms with Crippen molar-refractivity contribution in [2.75, 3.05) is 6.54 Å². The van der Waals surface area contributed by atoms with Crippen LogP contribution in [0.25, 0.3) is 0 Å². The first-order chi connectivity index (χ1) is 9.08. The van der Waals surface area contributed by atoms with Gasteiger partial charge in [-0.2, -0.15) is 4.39 Å². The molecule has 0 atom stereocenters. The molecule has 1 amide bonds. The second kappa shape index (κ2) is 5.81. The van der Waals surface area contributed by atoms with Crippen molar-refractivity contribution in [2.45, 2.75) is 32.1 Å². The third kappa shape index (κ3) is 3.30. The lowest BCUT2D eigenvalue weighted by Crippen LogP contribution is -2.41. The molecule has 0 spiro atoms. The zero-order chi connectivity index (χ0) is 13.8. The number of halogens is 1. The largest absolute Gasteiger partial charge is 0.337 e. The van der Waals surface area contributed by atoms with Gasteiger partial charge in [0.05, 0.1) is 6.20 Å². The van der Waals surface area contributed by atoms with Crippen LogP contribution in [0.2, 0.25) is 0 Å². The van der Waals surface area contributed by atoms with Crippen LogP contribution >= 0.6 is 0 Å². The van der Waals surface area contributed by atoms with Gasteiger partial charge in [-0.05, 0) is 12.3 Å². The van der Waals surface area contributed by atoms with E-state index in [0.29, 0.717) is 23.2 Å². The molecule has 6 nitrogen and oxygen atoms in total. The van der Waals surface area contributed by atoms with Gasteiger partial charge < -0.3 is 5.32 Å². The van der Waals surface area contributed by atoms with Gasteiger partial charge in [-0.25, -0.2) is 14.2 Å². The van der Waals surface area contributed by atoms with Crippen LogP contribution in [-0.2, 0) is 0 Å². The first-order valence-electron chi connectivity index (χ1n) is 6.37. The molecule has 2 rings (SSSR count). The van der Waals surface area contributed by atoms with E-state index < -0.39 is 23.1 Å². The Morgan fingerprint density at radius 2 is 2.11 bits per heavy atom. The van der Waals surface area contributed by atoms with E-state index in [1.54, 1.807) is 4.98 Å². The highest BCUT2D eigenvalue weighted by molar-refractivity contribution is 5.76. The van der Waals surface area contributed by atoms with Gasteiger partial charge in [0.15, 0.2) is 0 Å². The van der Waals surface area contributed by atoms with Crippen molar-refractivity contribution in [2.24, 2.45) is 5.92 Å². The number of carbonyl (C=O) groups is 1. The topological polar surface area (TPSA) is 84.0 Å². The summed E-state index contributed by atoms with van der Waals surface area (Å²) in [6.07, 6.45) is 6.25. The molecule has 104 valence electrons. The molecule has 19 heavy (non-hydrogen) atoms. The quantitative estimate of drug-likeness (QED) is 0.851. The lowest BCUT2D eigenvalue weighted by Gasteiger charge is -2.10. The van der Waals surface area contributed by atoms with Crippen molar-refractivity contribution in [3.63, 3.8) is 0 Å². The highest BCUT2D eigenvalue weighted by Gasteiger charge is 2.15. The lowest BCUT2D eigenvalue weighted by molar-refractivity contribution is 0.240. The van der Waals surface area contributed by atoms with Crippen LogP contribution in [0.1, 0.15) is 32.1 Å². The summed E-state index contributed by atoms with van der Waals surface area (Å²) in [4.78, 5) is 35.6. The second-order valence-electron chi connectivity index (χ2n) is 4.78. The highest BCUT2D eigenvalue weighted by Crippen LogP contribution is 2.26. The molecule has 1 heterocycles. The molecule has 0 unspecified atom stereocenters. The monoisotopic (exact) mass is 269 g/mol. The Kier molecular flexibility index (Phi) is 4.13. The van der Waals surface area contributed by atoms with Gasteiger partial charge >= 0.3 is 11.7 Å². The van der Waals surface area contributed by atoms with Crippen molar-refractivity contribution in [3.05, 3.63) is 32.9 Å². The number of carbonyl (C=O) groups excluding carboxylic acids is 1. The van der Waals surface area contributed by atoms with E-state index in [2.05, 4.69) is 5.32 Å². The fraction of sp³-hybridized carbons (Fsp3) is 0.583. The number of hydrogen-bond donors (Lipinski definition) is 2. The molecule has 0 radical (unpaired) electrons. The number of hydrogen-bond acceptors (Lipinski definition) is 3. The number of aromatic amines is 1. The van der Waals surface area contributed by atoms with Crippen molar-refractivity contribution in [1.82, 2.24) is 14.9 Å². The molecule has 7 heteroatoms. The SMILES string of the molecule is O=C(NCCC1CCCC1)n1cc(F)c(=O)[nH]c1=O. The third-order valence-electron chi connectivity index (χ3n) is 3.42. The lowest BCUT2D eigenvalue weighted by atomic mass is 10.0. The second-order valence-corrected chi connectivity index (χ2v) is 4.78. The molecule has 1 aliphatic carbocycles. The Morgan fingerprint density at radius 1 is 1.42 bits per heavy atom. The summed E-state index contributed by atoms with van der Waals surface area (Å²) < 4.78 is 13.5. The summed E-state index contributed by atoms with van der Waals surface area (Å²) in [6, 6.07) is -0.724. The van der Waals surface area contributed by atoms with E-state index in [1.807, 2.05) is 0 Å². The fourth-order valence-corrected chi connectivity index (χ4v) is 2.37. The zero-order valence-corrected chi connectivity index (χ0v) is 10.4. The molecule has 1 fully saturated rings. The first-order valence-corrected chi connectivity index (χ1v) is 6.37. The number of amides is 1. The Labute approximate surface area is 108 Å². The van der Waals surface area contributed by atoms with Gasteiger partial charge in [0.2, 0.25) is 5.82 Å². The van der Waals surface area contributed by atoms with Crippen molar-refractivity contribution in [3.8, 4) is 0 Å². The first kappa shape index (κ1) is 13.5. The normalized spacial score (nSPS) is 15.6. The maximum Gasteiger partial charge on any atom is 0.336 e. The predicted molar refractivity (Wildman–Crippen MR) is 66.7 cm³/mol. The molecule has 1 aromatic rings. The fourth-order valence-electron chi connectivity index (χ4n) is 2.37. The van der Waals surface area contributed by atoms with Crippen LogP contribution in [0, 0.1) is 11.7 Å². The van der Waals surface area contributed by atoms with Crippen LogP contribution in [0.4, 0.5) is 9.18 Å². The molecule has 1 saturated carbocycles. The van der Waals surface area contributed by atoms with E-state index in [4.69, 9.17) is 0 Å². The number of H-pyrrole nitrogens is 1. The standard InChI is InChI=1S/C12H16FN3O3/c13-9-7-16(12(19)15-10(9)17)11(18)14-6-5-8-3-1-2-4-8/h7-8H,1-6H2,(H,14,18)(H,15,17,19). The third-order valence-corrected chi connectivity index (χ3v) is 3.42. The van der Waals surface area contributed by atoms with Crippen LogP contribution in [0.15, 0.2) is 15.8 Å². The van der Waals surface area contributed by atoms with E-state index >= 15 is 0 Å². The average Bonchev–Trinajstić information content (AvgIpc) is 2.86. The van der Waals surface area contributed by atoms with Crippen LogP contribution < -0.4 is 16.6 Å². The zero-order valence-electron chi connectivity index (χ0n) is 10.4. The van der Waals surface area contributed by atoms with E-state index in [9.17, 15) is 18.8 Å². The van der Waals surface area contributed by atoms with Gasteiger partial charge in [-0.3, -0.25) is 9.78 Å². The van der Waals surface area contributed by atoms with Crippen LogP contribution in [0.5, 0.6) is 0 Å². The summed E-state index contributed by atoms with van der Waals surface area (Å²) in [7, 11) is 0. The van der Waals surface area contributed by atoms with Gasteiger partial charge in [0.1, 0.15) is 0 Å². The van der Waals surface area contributed by atoms with Crippen molar-refractivity contribution >= 4 is 6.03 Å². The average molecular weight is 269 g/mol. The minimum absolute atomic E-state index is 0.441. The summed E-state index contributed by atoms with van der Waals surface area (Å²) >= 11 is 0. The van der Waals surface area contributed by atoms with Crippen LogP contribution in [-0.4, -0.2) is 22.1 Å². The molecule has 0 aromatic carbocycles. The summed E-state index contributed by atoms with van der Waals surface area (Å²) in [6.45, 7) is 0.441. The van der Waals surface area contributed by atoms with E-state index in [0.717, 1.165) is 6.42 Å². The summed E-state index contributed by atoms with van der Waals surface area (Å²) in [5.74, 6) is -0.546. The van der Waals surface area contributed by atoms with Gasteiger partial charge in [0, 0.05) is 6.54 Å². The molecule has 0 bridgehead atoms. The van der Waals surface area contributed by atoms with Crippen LogP contribution in [0.3, 0.4) is 0 Å². The Hall–Kier alpha value is -1.92. The minimum atomic E-state index is -1.16. The maximum atomic E-state index is 13.0. The number of rotatable bonds is 3. The molecule has 0 aliphatic heterocycles. The highest BCUT2D eigenvalue weighted by atomic mass is 19.1. The van der Waals surface area contributed by atoms with Crippen molar-refractivity contribution in [1.29, 1.82) is 0 Å². The summed E-state index contributed by atoms with van der Waals surface area (Å²) in [5, 5.41) is 2.55. The van der Waals surface area contributed by atoms with Gasteiger partial charge in [-0.15, -0.1) is 0 Å². The van der Waals surface area contributed by atoms with Gasteiger partial charge in [-0.1, -0.05) is 25.7 Å². The molecular weight excluding hydrogens is 253 g/mol. The Balaban J connectivity index is 1.94. The molecule has 2 N–H and O–H groups in total. The number of aromatic nitrogens is 2. The Morgan fingerprint density at radius 3 is 2.79 bits per heavy atom. The smallest absolute Gasteiger partial charge is 0.336 e. The summed E-state index contributed by atoms with van der Waals surface area (Å²) in [5.41, 5.74) is -2.07.